The highest BCUT2D eigenvalue weighted by molar-refractivity contribution is 7.98. The largest absolute Gasteiger partial charge is 0.491 e. The number of methoxy groups -OCH3 is 1. The van der Waals surface area contributed by atoms with Crippen LogP contribution < -0.4 is 9.64 Å². The summed E-state index contributed by atoms with van der Waals surface area (Å²) in [6, 6.07) is 11.3. The first-order chi connectivity index (χ1) is 16.2. The summed E-state index contributed by atoms with van der Waals surface area (Å²) in [5.74, 6) is 0.202. The van der Waals surface area contributed by atoms with Crippen molar-refractivity contribution < 1.29 is 18.7 Å². The Bertz CT molecular complexity index is 985. The van der Waals surface area contributed by atoms with Crippen molar-refractivity contribution in [1.29, 1.82) is 0 Å². The third kappa shape index (κ3) is 6.20. The predicted molar refractivity (Wildman–Crippen MR) is 140 cm³/mol. The number of rotatable bonds is 9. The van der Waals surface area contributed by atoms with E-state index in [1.807, 2.05) is 32.2 Å². The summed E-state index contributed by atoms with van der Waals surface area (Å²) in [6.07, 6.45) is 5.39. The summed E-state index contributed by atoms with van der Waals surface area (Å²) in [5.41, 5.74) is 1.28. The lowest BCUT2D eigenvalue weighted by molar-refractivity contribution is -0.152. The molecular weight excluding hydrogens is 471 g/mol. The second kappa shape index (κ2) is 11.7. The van der Waals surface area contributed by atoms with Crippen LogP contribution in [-0.4, -0.2) is 49.9 Å². The number of carbonyl (C=O) groups excluding carboxylic acids is 1. The van der Waals surface area contributed by atoms with Gasteiger partial charge in [0.05, 0.1) is 28.0 Å². The van der Waals surface area contributed by atoms with E-state index in [1.54, 1.807) is 23.7 Å². The van der Waals surface area contributed by atoms with E-state index < -0.39 is 5.41 Å². The molecule has 1 heterocycles. The third-order valence-corrected chi connectivity index (χ3v) is 7.91. The molecule has 2 aromatic rings. The molecule has 3 rings (SSSR count). The number of halogens is 1. The standard InChI is InChI=1S/C26H35FN2O3S2/c1-7-8-9-20-16-29(19-12-10-18(27)11-13-19)21-14-24(33-6)22(15-23(21)34-28(20)4)32-17-26(2,3)25(30)31-5/h10-15,20H,7-9,16-17H2,1-6H3. The molecule has 0 bridgehead atoms. The molecule has 0 aromatic heterocycles. The molecule has 1 aliphatic rings. The topological polar surface area (TPSA) is 42.0 Å². The van der Waals surface area contributed by atoms with Crippen LogP contribution >= 0.6 is 23.7 Å². The van der Waals surface area contributed by atoms with Gasteiger partial charge in [-0.05, 0) is 81.9 Å². The molecule has 0 saturated heterocycles. The number of ether oxygens (including phenoxy) is 2. The average molecular weight is 507 g/mol. The highest BCUT2D eigenvalue weighted by atomic mass is 32.2. The Morgan fingerprint density at radius 3 is 2.59 bits per heavy atom. The highest BCUT2D eigenvalue weighted by Gasteiger charge is 2.32. The fraction of sp³-hybridized carbons (Fsp3) is 0.500. The minimum Gasteiger partial charge on any atom is -0.491 e. The Hall–Kier alpha value is -1.90. The first-order valence-corrected chi connectivity index (χ1v) is 13.6. The van der Waals surface area contributed by atoms with Gasteiger partial charge in [0, 0.05) is 18.3 Å². The van der Waals surface area contributed by atoms with E-state index in [2.05, 4.69) is 35.3 Å². The normalized spacial score (nSPS) is 16.7. The number of esters is 1. The van der Waals surface area contributed by atoms with Crippen molar-refractivity contribution in [2.75, 3.05) is 38.5 Å². The summed E-state index contributed by atoms with van der Waals surface area (Å²) >= 11 is 3.31. The molecule has 1 aliphatic heterocycles. The summed E-state index contributed by atoms with van der Waals surface area (Å²) < 4.78 is 27.1. The van der Waals surface area contributed by atoms with Crippen LogP contribution in [0, 0.1) is 11.2 Å². The second-order valence-corrected chi connectivity index (χ2v) is 11.2. The van der Waals surface area contributed by atoms with Crippen LogP contribution in [0.15, 0.2) is 46.2 Å². The van der Waals surface area contributed by atoms with Gasteiger partial charge in [0.15, 0.2) is 0 Å². The minimum absolute atomic E-state index is 0.216. The van der Waals surface area contributed by atoms with E-state index in [0.717, 1.165) is 52.7 Å². The van der Waals surface area contributed by atoms with Crippen molar-refractivity contribution in [3.05, 3.63) is 42.2 Å². The molecule has 0 saturated carbocycles. The number of anilines is 2. The summed E-state index contributed by atoms with van der Waals surface area (Å²) in [4.78, 5) is 16.5. The Morgan fingerprint density at radius 2 is 1.97 bits per heavy atom. The van der Waals surface area contributed by atoms with Crippen molar-refractivity contribution in [3.63, 3.8) is 0 Å². The fourth-order valence-electron chi connectivity index (χ4n) is 3.91. The van der Waals surface area contributed by atoms with Crippen molar-refractivity contribution in [3.8, 4) is 5.75 Å². The fourth-order valence-corrected chi connectivity index (χ4v) is 5.51. The molecule has 34 heavy (non-hydrogen) atoms. The number of fused-ring (bicyclic) bond motifs is 1. The van der Waals surface area contributed by atoms with E-state index in [1.165, 1.54) is 19.2 Å². The van der Waals surface area contributed by atoms with E-state index >= 15 is 0 Å². The molecule has 0 aliphatic carbocycles. The number of likely N-dealkylation sites (N-methyl/N-ethyl adjacent to an activating group) is 1. The maximum atomic E-state index is 13.7. The number of hydrogen-bond donors (Lipinski definition) is 0. The van der Waals surface area contributed by atoms with E-state index in [9.17, 15) is 9.18 Å². The lowest BCUT2D eigenvalue weighted by Crippen LogP contribution is -2.35. The molecule has 2 aromatic carbocycles. The van der Waals surface area contributed by atoms with Crippen LogP contribution in [0.4, 0.5) is 15.8 Å². The quantitative estimate of drug-likeness (QED) is 0.211. The molecule has 5 nitrogen and oxygen atoms in total. The van der Waals surface area contributed by atoms with Crippen molar-refractivity contribution in [2.45, 2.75) is 55.9 Å². The zero-order valence-corrected chi connectivity index (χ0v) is 22.5. The molecule has 8 heteroatoms. The van der Waals surface area contributed by atoms with Gasteiger partial charge in [0.1, 0.15) is 18.2 Å². The number of benzene rings is 2. The summed E-state index contributed by atoms with van der Waals surface area (Å²) in [6.45, 7) is 6.87. The summed E-state index contributed by atoms with van der Waals surface area (Å²) in [7, 11) is 3.53. The van der Waals surface area contributed by atoms with E-state index in [0.29, 0.717) is 6.04 Å². The summed E-state index contributed by atoms with van der Waals surface area (Å²) in [5, 5.41) is 0. The van der Waals surface area contributed by atoms with Crippen molar-refractivity contribution in [2.24, 2.45) is 5.41 Å². The van der Waals surface area contributed by atoms with Crippen LogP contribution in [0.5, 0.6) is 5.75 Å². The zero-order chi connectivity index (χ0) is 24.9. The lowest BCUT2D eigenvalue weighted by Gasteiger charge is -2.30. The van der Waals surface area contributed by atoms with Crippen molar-refractivity contribution >= 4 is 41.1 Å². The van der Waals surface area contributed by atoms with E-state index in [4.69, 9.17) is 9.47 Å². The zero-order valence-electron chi connectivity index (χ0n) is 20.9. The monoisotopic (exact) mass is 506 g/mol. The Labute approximate surface area is 211 Å². The van der Waals surface area contributed by atoms with Gasteiger partial charge >= 0.3 is 5.97 Å². The van der Waals surface area contributed by atoms with Gasteiger partial charge in [0.25, 0.3) is 0 Å². The highest BCUT2D eigenvalue weighted by Crippen LogP contribution is 2.46. The number of thioether (sulfide) groups is 1. The molecule has 0 fully saturated rings. The number of carbonyl (C=O) groups is 1. The molecule has 1 atom stereocenters. The number of hydrogen-bond acceptors (Lipinski definition) is 7. The van der Waals surface area contributed by atoms with E-state index in [-0.39, 0.29) is 18.4 Å². The van der Waals surface area contributed by atoms with Gasteiger partial charge in [-0.2, -0.15) is 0 Å². The first kappa shape index (κ1) is 26.7. The van der Waals surface area contributed by atoms with Gasteiger partial charge in [0.2, 0.25) is 0 Å². The van der Waals surface area contributed by atoms with Crippen LogP contribution in [0.25, 0.3) is 0 Å². The third-order valence-electron chi connectivity index (χ3n) is 6.04. The Balaban J connectivity index is 2.01. The van der Waals surface area contributed by atoms with Crippen molar-refractivity contribution in [1.82, 2.24) is 4.31 Å². The predicted octanol–water partition coefficient (Wildman–Crippen LogP) is 6.78. The number of nitrogens with zero attached hydrogens (tertiary/aromatic N) is 2. The van der Waals surface area contributed by atoms with Gasteiger partial charge in [-0.1, -0.05) is 19.8 Å². The van der Waals surface area contributed by atoms with Gasteiger partial charge in [-0.3, -0.25) is 4.79 Å². The minimum atomic E-state index is -0.757. The molecule has 0 N–H and O–H groups in total. The molecule has 0 radical (unpaired) electrons. The number of unbranched alkanes of at least 4 members (excludes halogenated alkanes) is 1. The van der Waals surface area contributed by atoms with Crippen LogP contribution in [-0.2, 0) is 9.53 Å². The van der Waals surface area contributed by atoms with Gasteiger partial charge in [-0.15, -0.1) is 11.8 Å². The molecule has 0 amide bonds. The van der Waals surface area contributed by atoms with Gasteiger partial charge in [-0.25, -0.2) is 8.70 Å². The maximum Gasteiger partial charge on any atom is 0.314 e. The molecular formula is C26H35FN2O3S2. The smallest absolute Gasteiger partial charge is 0.314 e. The molecule has 186 valence electrons. The SMILES string of the molecule is CCCCC1CN(c2ccc(F)cc2)c2cc(SC)c(OCC(C)(C)C(=O)OC)cc2SN1C. The first-order valence-electron chi connectivity index (χ1n) is 11.6. The van der Waals surface area contributed by atoms with Crippen LogP contribution in [0.2, 0.25) is 0 Å². The van der Waals surface area contributed by atoms with Crippen LogP contribution in [0.3, 0.4) is 0 Å². The average Bonchev–Trinajstić information content (AvgIpc) is 2.96. The molecule has 1 unspecified atom stereocenters. The lowest BCUT2D eigenvalue weighted by atomic mass is 9.95. The second-order valence-electron chi connectivity index (χ2n) is 9.16. The van der Waals surface area contributed by atoms with Gasteiger partial charge < -0.3 is 14.4 Å². The molecule has 0 spiro atoms. The van der Waals surface area contributed by atoms with Crippen LogP contribution in [0.1, 0.15) is 40.0 Å². The Morgan fingerprint density at radius 1 is 1.26 bits per heavy atom. The maximum absolute atomic E-state index is 13.7. The Kier molecular flexibility index (Phi) is 9.18.